The second-order valence-electron chi connectivity index (χ2n) is 5.41. The summed E-state index contributed by atoms with van der Waals surface area (Å²) in [5.41, 5.74) is 1.11. The van der Waals surface area contributed by atoms with Gasteiger partial charge in [0.15, 0.2) is 5.16 Å². The number of aryl methyl sites for hydroxylation is 1. The Labute approximate surface area is 139 Å². The average Bonchev–Trinajstić information content (AvgIpc) is 3.13. The van der Waals surface area contributed by atoms with Crippen LogP contribution in [-0.2, 0) is 12.3 Å². The van der Waals surface area contributed by atoms with Crippen LogP contribution in [0.3, 0.4) is 0 Å². The SMILES string of the molecule is C=CCn1c(SCc2csc(C)n2)nnc1C1CCNCC1. The summed E-state index contributed by atoms with van der Waals surface area (Å²) in [4.78, 5) is 4.51. The van der Waals surface area contributed by atoms with E-state index in [1.54, 1.807) is 23.1 Å². The summed E-state index contributed by atoms with van der Waals surface area (Å²) in [5, 5.41) is 16.5. The third-order valence-corrected chi connectivity index (χ3v) is 5.60. The van der Waals surface area contributed by atoms with Crippen LogP contribution in [-0.4, -0.2) is 32.8 Å². The lowest BCUT2D eigenvalue weighted by molar-refractivity contribution is 0.431. The first-order valence-corrected chi connectivity index (χ1v) is 9.43. The average molecular weight is 336 g/mol. The summed E-state index contributed by atoms with van der Waals surface area (Å²) in [7, 11) is 0. The van der Waals surface area contributed by atoms with Gasteiger partial charge in [0.1, 0.15) is 5.82 Å². The van der Waals surface area contributed by atoms with Gasteiger partial charge < -0.3 is 9.88 Å². The van der Waals surface area contributed by atoms with Crippen molar-refractivity contribution in [2.45, 2.75) is 43.1 Å². The summed E-state index contributed by atoms with van der Waals surface area (Å²) >= 11 is 3.40. The number of hydrogen-bond acceptors (Lipinski definition) is 6. The first-order chi connectivity index (χ1) is 10.8. The molecule has 0 atom stereocenters. The van der Waals surface area contributed by atoms with Crippen LogP contribution in [0.1, 0.15) is 35.3 Å². The molecule has 1 saturated heterocycles. The molecule has 0 saturated carbocycles. The monoisotopic (exact) mass is 335 g/mol. The van der Waals surface area contributed by atoms with Crippen molar-refractivity contribution in [2.24, 2.45) is 0 Å². The maximum atomic E-state index is 4.51. The number of rotatable bonds is 6. The highest BCUT2D eigenvalue weighted by atomic mass is 32.2. The van der Waals surface area contributed by atoms with E-state index in [9.17, 15) is 0 Å². The van der Waals surface area contributed by atoms with Gasteiger partial charge in [0.2, 0.25) is 0 Å². The van der Waals surface area contributed by atoms with Crippen molar-refractivity contribution in [3.63, 3.8) is 0 Å². The van der Waals surface area contributed by atoms with E-state index in [4.69, 9.17) is 0 Å². The van der Waals surface area contributed by atoms with E-state index < -0.39 is 0 Å². The number of thioether (sulfide) groups is 1. The van der Waals surface area contributed by atoms with E-state index in [0.717, 1.165) is 59.9 Å². The van der Waals surface area contributed by atoms with Gasteiger partial charge in [-0.25, -0.2) is 4.98 Å². The van der Waals surface area contributed by atoms with Gasteiger partial charge in [0, 0.05) is 23.6 Å². The molecule has 0 bridgehead atoms. The van der Waals surface area contributed by atoms with Gasteiger partial charge in [-0.05, 0) is 32.9 Å². The largest absolute Gasteiger partial charge is 0.317 e. The van der Waals surface area contributed by atoms with Gasteiger partial charge in [0.25, 0.3) is 0 Å². The van der Waals surface area contributed by atoms with Gasteiger partial charge in [-0.1, -0.05) is 17.8 Å². The predicted molar refractivity (Wildman–Crippen MR) is 91.5 cm³/mol. The minimum Gasteiger partial charge on any atom is -0.317 e. The standard InChI is InChI=1S/C15H21N5S2/c1-3-8-20-14(12-4-6-16-7-5-12)18-19-15(20)22-10-13-9-21-11(2)17-13/h3,9,12,16H,1,4-8,10H2,2H3. The number of piperidine rings is 1. The Bertz CT molecular complexity index is 628. The predicted octanol–water partition coefficient (Wildman–Crippen LogP) is 2.99. The Balaban J connectivity index is 1.75. The molecule has 1 aliphatic rings. The number of aromatic nitrogens is 4. The molecule has 0 spiro atoms. The van der Waals surface area contributed by atoms with Crippen LogP contribution in [0.15, 0.2) is 23.2 Å². The zero-order valence-electron chi connectivity index (χ0n) is 12.8. The molecule has 0 amide bonds. The van der Waals surface area contributed by atoms with Crippen molar-refractivity contribution in [2.75, 3.05) is 13.1 Å². The first-order valence-electron chi connectivity index (χ1n) is 7.56. The lowest BCUT2D eigenvalue weighted by atomic mass is 9.97. The van der Waals surface area contributed by atoms with Crippen LogP contribution in [0.2, 0.25) is 0 Å². The van der Waals surface area contributed by atoms with Crippen molar-refractivity contribution >= 4 is 23.1 Å². The van der Waals surface area contributed by atoms with Crippen molar-refractivity contribution in [3.05, 3.63) is 34.6 Å². The minimum absolute atomic E-state index is 0.504. The van der Waals surface area contributed by atoms with Crippen molar-refractivity contribution in [3.8, 4) is 0 Å². The van der Waals surface area contributed by atoms with Gasteiger partial charge in [-0.3, -0.25) is 0 Å². The summed E-state index contributed by atoms with van der Waals surface area (Å²) < 4.78 is 2.22. The van der Waals surface area contributed by atoms with Gasteiger partial charge >= 0.3 is 0 Å². The van der Waals surface area contributed by atoms with E-state index in [0.29, 0.717) is 5.92 Å². The second kappa shape index (κ2) is 7.39. The third-order valence-electron chi connectivity index (χ3n) is 3.78. The van der Waals surface area contributed by atoms with Crippen LogP contribution in [0.5, 0.6) is 0 Å². The molecule has 7 heteroatoms. The lowest BCUT2D eigenvalue weighted by Gasteiger charge is -2.22. The van der Waals surface area contributed by atoms with Gasteiger partial charge in [-0.15, -0.1) is 28.1 Å². The Morgan fingerprint density at radius 3 is 2.95 bits per heavy atom. The highest BCUT2D eigenvalue weighted by Crippen LogP contribution is 2.29. The number of nitrogens with zero attached hydrogens (tertiary/aromatic N) is 4. The number of allylic oxidation sites excluding steroid dienone is 1. The topological polar surface area (TPSA) is 55.6 Å². The van der Waals surface area contributed by atoms with E-state index >= 15 is 0 Å². The zero-order valence-corrected chi connectivity index (χ0v) is 14.4. The number of nitrogens with one attached hydrogen (secondary N) is 1. The maximum Gasteiger partial charge on any atom is 0.191 e. The molecular weight excluding hydrogens is 314 g/mol. The first kappa shape index (κ1) is 15.7. The highest BCUT2D eigenvalue weighted by Gasteiger charge is 2.22. The summed E-state index contributed by atoms with van der Waals surface area (Å²) in [6.07, 6.45) is 4.18. The van der Waals surface area contributed by atoms with E-state index in [1.165, 1.54) is 0 Å². The van der Waals surface area contributed by atoms with Crippen LogP contribution >= 0.6 is 23.1 Å². The Morgan fingerprint density at radius 2 is 2.27 bits per heavy atom. The fraction of sp³-hybridized carbons (Fsp3) is 0.533. The maximum absolute atomic E-state index is 4.51. The van der Waals surface area contributed by atoms with Crippen LogP contribution in [0.25, 0.3) is 0 Å². The summed E-state index contributed by atoms with van der Waals surface area (Å²) in [6, 6.07) is 0. The fourth-order valence-electron chi connectivity index (χ4n) is 2.70. The van der Waals surface area contributed by atoms with Crippen molar-refractivity contribution in [1.29, 1.82) is 0 Å². The molecule has 1 fully saturated rings. The quantitative estimate of drug-likeness (QED) is 0.650. The van der Waals surface area contributed by atoms with Gasteiger partial charge in [-0.2, -0.15) is 0 Å². The van der Waals surface area contributed by atoms with Crippen LogP contribution in [0, 0.1) is 6.92 Å². The van der Waals surface area contributed by atoms with Crippen molar-refractivity contribution in [1.82, 2.24) is 25.1 Å². The minimum atomic E-state index is 0.504. The fourth-order valence-corrected chi connectivity index (χ4v) is 4.27. The molecule has 1 N–H and O–H groups in total. The van der Waals surface area contributed by atoms with Crippen LogP contribution in [0.4, 0.5) is 0 Å². The smallest absolute Gasteiger partial charge is 0.191 e. The molecule has 0 radical (unpaired) electrons. The normalized spacial score (nSPS) is 16.0. The molecule has 0 aromatic carbocycles. The Morgan fingerprint density at radius 1 is 1.45 bits per heavy atom. The number of hydrogen-bond donors (Lipinski definition) is 1. The second-order valence-corrected chi connectivity index (χ2v) is 7.42. The number of thiazole rings is 1. The summed E-state index contributed by atoms with van der Waals surface area (Å²) in [6.45, 7) is 8.80. The van der Waals surface area contributed by atoms with Crippen molar-refractivity contribution < 1.29 is 0 Å². The molecule has 0 unspecified atom stereocenters. The third kappa shape index (κ3) is 3.59. The molecule has 1 aliphatic heterocycles. The van der Waals surface area contributed by atoms with E-state index in [1.807, 2.05) is 13.0 Å². The van der Waals surface area contributed by atoms with E-state index in [2.05, 4.69) is 37.0 Å². The lowest BCUT2D eigenvalue weighted by Crippen LogP contribution is -2.28. The molecule has 2 aromatic heterocycles. The molecule has 2 aromatic rings. The van der Waals surface area contributed by atoms with E-state index in [-0.39, 0.29) is 0 Å². The Kier molecular flexibility index (Phi) is 5.28. The molecule has 118 valence electrons. The Hall–Kier alpha value is -1.18. The molecule has 5 nitrogen and oxygen atoms in total. The van der Waals surface area contributed by atoms with Gasteiger partial charge in [0.05, 0.1) is 10.7 Å². The zero-order chi connectivity index (χ0) is 15.4. The van der Waals surface area contributed by atoms with Crippen LogP contribution < -0.4 is 5.32 Å². The molecule has 3 heterocycles. The molecule has 22 heavy (non-hydrogen) atoms. The highest BCUT2D eigenvalue weighted by molar-refractivity contribution is 7.98. The molecular formula is C15H21N5S2. The summed E-state index contributed by atoms with van der Waals surface area (Å²) in [5.74, 6) is 2.45. The molecule has 3 rings (SSSR count). The molecule has 0 aliphatic carbocycles.